The largest absolute Gasteiger partial charge is 0.493 e. The molecule has 2 aromatic rings. The summed E-state index contributed by atoms with van der Waals surface area (Å²) in [6, 6.07) is 12.4. The fourth-order valence-corrected chi connectivity index (χ4v) is 3.56. The highest BCUT2D eigenvalue weighted by molar-refractivity contribution is 8.18. The second-order valence-corrected chi connectivity index (χ2v) is 6.87. The minimum absolute atomic E-state index is 0.146. The summed E-state index contributed by atoms with van der Waals surface area (Å²) in [5, 5.41) is 0.206. The third kappa shape index (κ3) is 3.71. The molecule has 0 aromatic heterocycles. The first-order valence-corrected chi connectivity index (χ1v) is 8.93. The number of thioether (sulfide) groups is 1. The number of carbonyl (C=O) groups is 2. The van der Waals surface area contributed by atoms with Crippen LogP contribution in [-0.4, -0.2) is 30.3 Å². The Bertz CT molecular complexity index is 897. The molecule has 0 spiro atoms. The van der Waals surface area contributed by atoms with Crippen LogP contribution in [0.15, 0.2) is 47.4 Å². The van der Waals surface area contributed by atoms with Gasteiger partial charge < -0.3 is 9.47 Å². The van der Waals surface area contributed by atoms with E-state index in [1.54, 1.807) is 56.7 Å². The lowest BCUT2D eigenvalue weighted by atomic mass is 10.1. The van der Waals surface area contributed by atoms with Crippen molar-refractivity contribution in [1.29, 1.82) is 0 Å². The van der Waals surface area contributed by atoms with Gasteiger partial charge in [-0.2, -0.15) is 0 Å². The molecule has 0 saturated carbocycles. The van der Waals surface area contributed by atoms with Gasteiger partial charge in [0.05, 0.1) is 25.7 Å². The fraction of sp³-hybridized carbons (Fsp3) is 0.158. The molecule has 1 aliphatic heterocycles. The first-order chi connectivity index (χ1) is 12.5. The average molecular weight is 390 g/mol. The number of rotatable bonds is 5. The van der Waals surface area contributed by atoms with Crippen molar-refractivity contribution in [1.82, 2.24) is 4.90 Å². The van der Waals surface area contributed by atoms with Crippen molar-refractivity contribution in [2.75, 3.05) is 14.2 Å². The van der Waals surface area contributed by atoms with E-state index in [-0.39, 0.29) is 17.7 Å². The van der Waals surface area contributed by atoms with Crippen molar-refractivity contribution < 1.29 is 19.1 Å². The van der Waals surface area contributed by atoms with Crippen molar-refractivity contribution in [2.45, 2.75) is 6.54 Å². The summed E-state index contributed by atoms with van der Waals surface area (Å²) in [5.41, 5.74) is 1.47. The number of ether oxygens (including phenoxy) is 2. The van der Waals surface area contributed by atoms with Crippen LogP contribution in [0.3, 0.4) is 0 Å². The normalized spacial score (nSPS) is 15.7. The SMILES string of the molecule is COc1ccc(/C=C2\SC(=O)N(Cc3ccccc3Cl)C2=O)cc1OC. The molecule has 1 saturated heterocycles. The van der Waals surface area contributed by atoms with E-state index in [1.807, 2.05) is 6.07 Å². The quantitative estimate of drug-likeness (QED) is 0.700. The lowest BCUT2D eigenvalue weighted by Gasteiger charge is -2.13. The Morgan fingerprint density at radius 2 is 1.81 bits per heavy atom. The molecule has 7 heteroatoms. The van der Waals surface area contributed by atoms with Gasteiger partial charge >= 0.3 is 0 Å². The summed E-state index contributed by atoms with van der Waals surface area (Å²) in [7, 11) is 3.09. The predicted molar refractivity (Wildman–Crippen MR) is 103 cm³/mol. The second kappa shape index (κ2) is 7.85. The van der Waals surface area contributed by atoms with Crippen molar-refractivity contribution in [3.8, 4) is 11.5 Å². The number of nitrogens with zero attached hydrogens (tertiary/aromatic N) is 1. The van der Waals surface area contributed by atoms with E-state index in [1.165, 1.54) is 4.90 Å². The van der Waals surface area contributed by atoms with Gasteiger partial charge in [-0.15, -0.1) is 0 Å². The molecule has 0 N–H and O–H groups in total. The van der Waals surface area contributed by atoms with Gasteiger partial charge in [0.25, 0.3) is 11.1 Å². The van der Waals surface area contributed by atoms with E-state index >= 15 is 0 Å². The molecule has 2 amide bonds. The molecule has 0 atom stereocenters. The summed E-state index contributed by atoms with van der Waals surface area (Å²) in [6.45, 7) is 0.146. The summed E-state index contributed by atoms with van der Waals surface area (Å²) < 4.78 is 10.5. The van der Waals surface area contributed by atoms with Crippen LogP contribution >= 0.6 is 23.4 Å². The molecule has 5 nitrogen and oxygen atoms in total. The number of methoxy groups -OCH3 is 2. The Labute approximate surface area is 160 Å². The lowest BCUT2D eigenvalue weighted by Crippen LogP contribution is -2.27. The van der Waals surface area contributed by atoms with Crippen LogP contribution < -0.4 is 9.47 Å². The Balaban J connectivity index is 1.84. The number of imide groups is 1. The van der Waals surface area contributed by atoms with Crippen molar-refractivity contribution in [3.05, 3.63) is 63.5 Å². The minimum atomic E-state index is -0.338. The average Bonchev–Trinajstić information content (AvgIpc) is 2.90. The highest BCUT2D eigenvalue weighted by Gasteiger charge is 2.35. The van der Waals surface area contributed by atoms with Crippen molar-refractivity contribution in [2.24, 2.45) is 0 Å². The Kier molecular flexibility index (Phi) is 5.54. The zero-order chi connectivity index (χ0) is 18.7. The van der Waals surface area contributed by atoms with Crippen LogP contribution in [0.5, 0.6) is 11.5 Å². The van der Waals surface area contributed by atoms with Crippen LogP contribution in [0, 0.1) is 0 Å². The summed E-state index contributed by atoms with van der Waals surface area (Å²) in [6.07, 6.45) is 1.67. The monoisotopic (exact) mass is 389 g/mol. The Hall–Kier alpha value is -2.44. The zero-order valence-electron chi connectivity index (χ0n) is 14.2. The fourth-order valence-electron chi connectivity index (χ4n) is 2.53. The van der Waals surface area contributed by atoms with Gasteiger partial charge in [-0.1, -0.05) is 35.9 Å². The zero-order valence-corrected chi connectivity index (χ0v) is 15.8. The van der Waals surface area contributed by atoms with Crippen LogP contribution in [0.2, 0.25) is 5.02 Å². The predicted octanol–water partition coefficient (Wildman–Crippen LogP) is 4.59. The molecule has 0 aliphatic carbocycles. The van der Waals surface area contributed by atoms with Crippen molar-refractivity contribution >= 4 is 40.6 Å². The number of benzene rings is 2. The third-order valence-corrected chi connectivity index (χ3v) is 5.14. The molecule has 0 radical (unpaired) electrons. The van der Waals surface area contributed by atoms with Crippen LogP contribution in [-0.2, 0) is 11.3 Å². The number of hydrogen-bond acceptors (Lipinski definition) is 5. The lowest BCUT2D eigenvalue weighted by molar-refractivity contribution is -0.123. The maximum atomic E-state index is 12.6. The van der Waals surface area contributed by atoms with Crippen LogP contribution in [0.4, 0.5) is 4.79 Å². The highest BCUT2D eigenvalue weighted by Crippen LogP contribution is 2.35. The molecule has 134 valence electrons. The van der Waals surface area contributed by atoms with E-state index < -0.39 is 0 Å². The summed E-state index contributed by atoms with van der Waals surface area (Å²) in [4.78, 5) is 26.4. The maximum Gasteiger partial charge on any atom is 0.293 e. The van der Waals surface area contributed by atoms with E-state index in [4.69, 9.17) is 21.1 Å². The molecule has 0 bridgehead atoms. The number of hydrogen-bond donors (Lipinski definition) is 0. The first kappa shape index (κ1) is 18.4. The Morgan fingerprint density at radius 1 is 1.08 bits per heavy atom. The molecule has 2 aromatic carbocycles. The minimum Gasteiger partial charge on any atom is -0.493 e. The smallest absolute Gasteiger partial charge is 0.293 e. The summed E-state index contributed by atoms with van der Waals surface area (Å²) >= 11 is 7.04. The van der Waals surface area contributed by atoms with Crippen molar-refractivity contribution in [3.63, 3.8) is 0 Å². The molecular weight excluding hydrogens is 374 g/mol. The Morgan fingerprint density at radius 3 is 2.50 bits per heavy atom. The first-order valence-electron chi connectivity index (χ1n) is 7.74. The molecule has 1 aliphatic rings. The highest BCUT2D eigenvalue weighted by atomic mass is 35.5. The molecule has 26 heavy (non-hydrogen) atoms. The number of amides is 2. The van der Waals surface area contributed by atoms with Gasteiger partial charge in [-0.25, -0.2) is 0 Å². The summed E-state index contributed by atoms with van der Waals surface area (Å²) in [5.74, 6) is 0.808. The van der Waals surface area contributed by atoms with E-state index in [2.05, 4.69) is 0 Å². The number of carbonyl (C=O) groups excluding carboxylic acids is 2. The number of halogens is 1. The molecular formula is C19H16ClNO4S. The maximum absolute atomic E-state index is 12.6. The molecule has 3 rings (SSSR count). The standard InChI is InChI=1S/C19H16ClNO4S/c1-24-15-8-7-12(9-16(15)25-2)10-17-18(22)21(19(23)26-17)11-13-5-3-4-6-14(13)20/h3-10H,11H2,1-2H3/b17-10-. The molecule has 1 fully saturated rings. The topological polar surface area (TPSA) is 55.8 Å². The van der Waals surface area contributed by atoms with Gasteiger partial charge in [0.2, 0.25) is 0 Å². The van der Waals surface area contributed by atoms with Crippen LogP contribution in [0.1, 0.15) is 11.1 Å². The molecule has 0 unspecified atom stereocenters. The van der Waals surface area contributed by atoms with E-state index in [9.17, 15) is 9.59 Å². The van der Waals surface area contributed by atoms with Gasteiger partial charge in [0, 0.05) is 5.02 Å². The van der Waals surface area contributed by atoms with Gasteiger partial charge in [-0.05, 0) is 47.2 Å². The van der Waals surface area contributed by atoms with Gasteiger partial charge in [-0.3, -0.25) is 14.5 Å². The van der Waals surface area contributed by atoms with Gasteiger partial charge in [0.15, 0.2) is 11.5 Å². The van der Waals surface area contributed by atoms with E-state index in [0.717, 1.165) is 22.9 Å². The van der Waals surface area contributed by atoms with E-state index in [0.29, 0.717) is 21.4 Å². The second-order valence-electron chi connectivity index (χ2n) is 5.47. The van der Waals surface area contributed by atoms with Crippen LogP contribution in [0.25, 0.3) is 6.08 Å². The third-order valence-electron chi connectivity index (χ3n) is 3.87. The molecule has 1 heterocycles. The van der Waals surface area contributed by atoms with Gasteiger partial charge in [0.1, 0.15) is 0 Å².